The van der Waals surface area contributed by atoms with Crippen LogP contribution in [0.3, 0.4) is 0 Å². The number of Topliss-reactive ketones (excluding diaryl/α,β-unsaturated/α-hetero) is 1. The molecule has 1 atom stereocenters. The first-order chi connectivity index (χ1) is 16.1. The molecule has 0 N–H and O–H groups in total. The second kappa shape index (κ2) is 9.78. The van der Waals surface area contributed by atoms with Crippen LogP contribution in [0.4, 0.5) is 5.69 Å². The minimum Gasteiger partial charge on any atom is -0.493 e. The van der Waals surface area contributed by atoms with Gasteiger partial charge in [-0.1, -0.05) is 37.3 Å². The Labute approximate surface area is 196 Å². The number of nitrogens with zero attached hydrogens (tertiary/aromatic N) is 2. The zero-order valence-electron chi connectivity index (χ0n) is 19.3. The molecule has 0 spiro atoms. The highest BCUT2D eigenvalue weighted by Gasteiger charge is 2.28. The number of pyridine rings is 1. The molecule has 4 heteroatoms. The number of hydrogen-bond donors (Lipinski definition) is 0. The highest BCUT2D eigenvalue weighted by Crippen LogP contribution is 2.34. The first kappa shape index (κ1) is 21.7. The quantitative estimate of drug-likeness (QED) is 0.401. The Hall–Kier alpha value is -3.14. The van der Waals surface area contributed by atoms with Crippen molar-refractivity contribution >= 4 is 11.5 Å². The Balaban J connectivity index is 1.09. The number of hydrogen-bond acceptors (Lipinski definition) is 4. The normalized spacial score (nSPS) is 16.8. The van der Waals surface area contributed by atoms with Crippen molar-refractivity contribution in [3.63, 3.8) is 0 Å². The lowest BCUT2D eigenvalue weighted by Gasteiger charge is -2.41. The van der Waals surface area contributed by atoms with Crippen molar-refractivity contribution in [2.75, 3.05) is 24.6 Å². The van der Waals surface area contributed by atoms with Crippen LogP contribution in [0.2, 0.25) is 0 Å². The number of aromatic nitrogens is 1. The van der Waals surface area contributed by atoms with Crippen LogP contribution in [-0.2, 0) is 11.2 Å². The van der Waals surface area contributed by atoms with Gasteiger partial charge in [-0.2, -0.15) is 0 Å². The molecule has 0 amide bonds. The number of benzene rings is 2. The molecule has 5 rings (SSSR count). The van der Waals surface area contributed by atoms with Crippen molar-refractivity contribution in [3.05, 3.63) is 89.7 Å². The van der Waals surface area contributed by atoms with Gasteiger partial charge in [0.25, 0.3) is 0 Å². The van der Waals surface area contributed by atoms with Crippen molar-refractivity contribution in [2.24, 2.45) is 5.92 Å². The van der Waals surface area contributed by atoms with E-state index < -0.39 is 0 Å². The van der Waals surface area contributed by atoms with Gasteiger partial charge < -0.3 is 9.64 Å². The molecule has 170 valence electrons. The third-order valence-electron chi connectivity index (χ3n) is 6.90. The Morgan fingerprint density at radius 2 is 1.82 bits per heavy atom. The molecule has 2 fully saturated rings. The summed E-state index contributed by atoms with van der Waals surface area (Å²) in [6.45, 7) is 5.08. The fourth-order valence-corrected chi connectivity index (χ4v) is 4.51. The lowest BCUT2D eigenvalue weighted by molar-refractivity contribution is -0.118. The van der Waals surface area contributed by atoms with E-state index in [1.807, 2.05) is 12.1 Å². The van der Waals surface area contributed by atoms with Gasteiger partial charge in [0.1, 0.15) is 11.5 Å². The molecule has 2 aliphatic rings. The van der Waals surface area contributed by atoms with E-state index in [4.69, 9.17) is 4.74 Å². The molecule has 33 heavy (non-hydrogen) atoms. The van der Waals surface area contributed by atoms with Crippen molar-refractivity contribution in [3.8, 4) is 5.75 Å². The molecular weight excluding hydrogens is 408 g/mol. The van der Waals surface area contributed by atoms with E-state index in [0.717, 1.165) is 36.9 Å². The summed E-state index contributed by atoms with van der Waals surface area (Å²) in [6.07, 6.45) is 7.17. The SMILES string of the molecule is C[C@H](CC(=O)Cc1cccnc1)c1ccc(C2CN(c3ccc(OCC4CC4)cc3)C2)cc1. The molecule has 1 saturated carbocycles. The smallest absolute Gasteiger partial charge is 0.137 e. The molecule has 2 heterocycles. The summed E-state index contributed by atoms with van der Waals surface area (Å²) in [4.78, 5) is 19.0. The maximum atomic E-state index is 12.4. The van der Waals surface area contributed by atoms with Gasteiger partial charge in [0.2, 0.25) is 0 Å². The number of anilines is 1. The van der Waals surface area contributed by atoms with E-state index >= 15 is 0 Å². The molecule has 1 aliphatic heterocycles. The van der Waals surface area contributed by atoms with E-state index in [1.54, 1.807) is 12.4 Å². The third kappa shape index (κ3) is 5.62. The summed E-state index contributed by atoms with van der Waals surface area (Å²) in [5, 5.41) is 0. The van der Waals surface area contributed by atoms with Gasteiger partial charge in [-0.05, 0) is 71.7 Å². The largest absolute Gasteiger partial charge is 0.493 e. The van der Waals surface area contributed by atoms with E-state index in [9.17, 15) is 4.79 Å². The minimum atomic E-state index is 0.224. The minimum absolute atomic E-state index is 0.224. The lowest BCUT2D eigenvalue weighted by Crippen LogP contribution is -2.45. The molecule has 0 radical (unpaired) electrons. The van der Waals surface area contributed by atoms with Crippen LogP contribution in [0.5, 0.6) is 5.75 Å². The van der Waals surface area contributed by atoms with E-state index in [0.29, 0.717) is 18.8 Å². The number of rotatable bonds is 10. The second-order valence-corrected chi connectivity index (χ2v) is 9.70. The molecule has 3 aromatic rings. The average molecular weight is 441 g/mol. The van der Waals surface area contributed by atoms with Crippen LogP contribution >= 0.6 is 0 Å². The summed E-state index contributed by atoms with van der Waals surface area (Å²) in [7, 11) is 0. The predicted molar refractivity (Wildman–Crippen MR) is 132 cm³/mol. The third-order valence-corrected chi connectivity index (χ3v) is 6.90. The Kier molecular flexibility index (Phi) is 6.43. The molecule has 1 saturated heterocycles. The fraction of sp³-hybridized carbons (Fsp3) is 0.379. The highest BCUT2D eigenvalue weighted by atomic mass is 16.5. The molecule has 4 nitrogen and oxygen atoms in total. The van der Waals surface area contributed by atoms with Gasteiger partial charge in [0, 0.05) is 49.9 Å². The first-order valence-electron chi connectivity index (χ1n) is 12.1. The fourth-order valence-electron chi connectivity index (χ4n) is 4.51. The maximum absolute atomic E-state index is 12.4. The van der Waals surface area contributed by atoms with Gasteiger partial charge in [0.15, 0.2) is 0 Å². The number of ketones is 1. The van der Waals surface area contributed by atoms with Gasteiger partial charge in [-0.3, -0.25) is 9.78 Å². The van der Waals surface area contributed by atoms with Crippen LogP contribution < -0.4 is 9.64 Å². The molecular formula is C29H32N2O2. The molecule has 1 aromatic heterocycles. The zero-order chi connectivity index (χ0) is 22.6. The van der Waals surface area contributed by atoms with Crippen LogP contribution in [-0.4, -0.2) is 30.5 Å². The van der Waals surface area contributed by atoms with Gasteiger partial charge >= 0.3 is 0 Å². The molecule has 0 bridgehead atoms. The lowest BCUT2D eigenvalue weighted by atomic mass is 9.88. The predicted octanol–water partition coefficient (Wildman–Crippen LogP) is 5.78. The average Bonchev–Trinajstić information content (AvgIpc) is 3.63. The van der Waals surface area contributed by atoms with E-state index in [-0.39, 0.29) is 11.7 Å². The van der Waals surface area contributed by atoms with Gasteiger partial charge in [-0.25, -0.2) is 0 Å². The Morgan fingerprint density at radius 3 is 2.48 bits per heavy atom. The van der Waals surface area contributed by atoms with Gasteiger partial charge in [0.05, 0.1) is 6.61 Å². The Morgan fingerprint density at radius 1 is 1.06 bits per heavy atom. The van der Waals surface area contributed by atoms with Crippen molar-refractivity contribution in [2.45, 2.75) is 44.4 Å². The first-order valence-corrected chi connectivity index (χ1v) is 12.1. The highest BCUT2D eigenvalue weighted by molar-refractivity contribution is 5.81. The maximum Gasteiger partial charge on any atom is 0.137 e. The number of carbonyl (C=O) groups is 1. The summed E-state index contributed by atoms with van der Waals surface area (Å²) in [5.41, 5.74) is 4.87. The number of ether oxygens (including phenoxy) is 1. The van der Waals surface area contributed by atoms with Crippen LogP contribution in [0.1, 0.15) is 54.7 Å². The van der Waals surface area contributed by atoms with Crippen molar-refractivity contribution in [1.82, 2.24) is 4.98 Å². The summed E-state index contributed by atoms with van der Waals surface area (Å²) < 4.78 is 5.85. The summed E-state index contributed by atoms with van der Waals surface area (Å²) in [5.74, 6) is 2.81. The monoisotopic (exact) mass is 440 g/mol. The Bertz CT molecular complexity index is 1050. The van der Waals surface area contributed by atoms with E-state index in [1.165, 1.54) is 29.7 Å². The summed E-state index contributed by atoms with van der Waals surface area (Å²) >= 11 is 0. The summed E-state index contributed by atoms with van der Waals surface area (Å²) in [6, 6.07) is 21.3. The van der Waals surface area contributed by atoms with Crippen LogP contribution in [0.25, 0.3) is 0 Å². The zero-order valence-corrected chi connectivity index (χ0v) is 19.3. The number of carbonyl (C=O) groups excluding carboxylic acids is 1. The topological polar surface area (TPSA) is 42.4 Å². The van der Waals surface area contributed by atoms with Crippen LogP contribution in [0.15, 0.2) is 73.1 Å². The van der Waals surface area contributed by atoms with Gasteiger partial charge in [-0.15, -0.1) is 0 Å². The second-order valence-electron chi connectivity index (χ2n) is 9.70. The molecule has 2 aromatic carbocycles. The van der Waals surface area contributed by atoms with Crippen LogP contribution in [0, 0.1) is 5.92 Å². The molecule has 0 unspecified atom stereocenters. The van der Waals surface area contributed by atoms with Crippen molar-refractivity contribution < 1.29 is 9.53 Å². The standard InChI is InChI=1S/C29H32N2O2/c1-21(15-28(32)16-23-3-2-14-30-17-23)24-6-8-25(9-7-24)26-18-31(19-26)27-10-12-29(13-11-27)33-20-22-4-5-22/h2-3,6-14,17,21-22,26H,4-5,15-16,18-20H2,1H3/t21-/m1/s1. The van der Waals surface area contributed by atoms with E-state index in [2.05, 4.69) is 65.3 Å². The van der Waals surface area contributed by atoms with Crippen molar-refractivity contribution in [1.29, 1.82) is 0 Å². The molecule has 1 aliphatic carbocycles.